The smallest absolute Gasteiger partial charge is 0.251 e. The molecule has 2 aliphatic rings. The summed E-state index contributed by atoms with van der Waals surface area (Å²) in [5.74, 6) is -0.347. The highest BCUT2D eigenvalue weighted by Gasteiger charge is 2.30. The van der Waals surface area contributed by atoms with E-state index in [-0.39, 0.29) is 17.3 Å². The summed E-state index contributed by atoms with van der Waals surface area (Å²) in [5.41, 5.74) is -0.602. The number of carbonyl (C=O) groups excluding carboxylic acids is 1. The van der Waals surface area contributed by atoms with Gasteiger partial charge in [-0.15, -0.1) is 0 Å². The standard InChI is InChI=1S/C17H24N2O6S/c20-16(18-13-17(21)5-9-24-10-6-17)14-1-3-15(4-2-14)26(22,23)19-7-11-25-12-8-19/h1-4,21H,5-13H2,(H,18,20). The molecule has 0 aromatic heterocycles. The largest absolute Gasteiger partial charge is 0.388 e. The highest BCUT2D eigenvalue weighted by atomic mass is 32.2. The number of hydrogen-bond donors (Lipinski definition) is 2. The number of carbonyl (C=O) groups is 1. The first kappa shape index (κ1) is 19.2. The number of nitrogens with zero attached hydrogens (tertiary/aromatic N) is 1. The van der Waals surface area contributed by atoms with Crippen molar-refractivity contribution in [2.75, 3.05) is 46.1 Å². The number of nitrogens with one attached hydrogen (secondary N) is 1. The number of rotatable bonds is 5. The second-order valence-electron chi connectivity index (χ2n) is 6.56. The molecule has 2 aliphatic heterocycles. The molecule has 3 rings (SSSR count). The van der Waals surface area contributed by atoms with Gasteiger partial charge in [0.25, 0.3) is 5.91 Å². The van der Waals surface area contributed by atoms with Crippen molar-refractivity contribution in [2.45, 2.75) is 23.3 Å². The molecule has 144 valence electrons. The minimum atomic E-state index is -3.58. The van der Waals surface area contributed by atoms with E-state index in [1.54, 1.807) is 0 Å². The number of benzene rings is 1. The molecule has 1 aromatic rings. The second-order valence-corrected chi connectivity index (χ2v) is 8.50. The molecule has 0 atom stereocenters. The van der Waals surface area contributed by atoms with Gasteiger partial charge in [0, 0.05) is 51.3 Å². The molecule has 0 aliphatic carbocycles. The SMILES string of the molecule is O=C(NCC1(O)CCOCC1)c1ccc(S(=O)(=O)N2CCOCC2)cc1. The quantitative estimate of drug-likeness (QED) is 0.739. The molecule has 2 heterocycles. The van der Waals surface area contributed by atoms with Crippen LogP contribution in [0.25, 0.3) is 0 Å². The highest BCUT2D eigenvalue weighted by molar-refractivity contribution is 7.89. The van der Waals surface area contributed by atoms with Crippen molar-refractivity contribution in [3.05, 3.63) is 29.8 Å². The Labute approximate surface area is 153 Å². The van der Waals surface area contributed by atoms with Crippen molar-refractivity contribution in [3.8, 4) is 0 Å². The first-order valence-corrected chi connectivity index (χ1v) is 10.1. The van der Waals surface area contributed by atoms with Crippen molar-refractivity contribution >= 4 is 15.9 Å². The summed E-state index contributed by atoms with van der Waals surface area (Å²) in [7, 11) is -3.58. The average molecular weight is 384 g/mol. The molecular formula is C17H24N2O6S. The molecule has 2 N–H and O–H groups in total. The lowest BCUT2D eigenvalue weighted by molar-refractivity contribution is -0.0605. The Morgan fingerprint density at radius 2 is 1.65 bits per heavy atom. The van der Waals surface area contributed by atoms with E-state index >= 15 is 0 Å². The summed E-state index contributed by atoms with van der Waals surface area (Å²) >= 11 is 0. The molecule has 0 spiro atoms. The van der Waals surface area contributed by atoms with E-state index in [9.17, 15) is 18.3 Å². The number of hydrogen-bond acceptors (Lipinski definition) is 6. The van der Waals surface area contributed by atoms with Gasteiger partial charge in [-0.25, -0.2) is 8.42 Å². The zero-order valence-electron chi connectivity index (χ0n) is 14.5. The van der Waals surface area contributed by atoms with Gasteiger partial charge in [-0.3, -0.25) is 4.79 Å². The van der Waals surface area contributed by atoms with Crippen molar-refractivity contribution in [3.63, 3.8) is 0 Å². The van der Waals surface area contributed by atoms with Crippen molar-refractivity contribution in [1.82, 2.24) is 9.62 Å². The van der Waals surface area contributed by atoms with E-state index in [1.165, 1.54) is 28.6 Å². The monoisotopic (exact) mass is 384 g/mol. The minimum Gasteiger partial charge on any atom is -0.388 e. The molecule has 9 heteroatoms. The van der Waals surface area contributed by atoms with E-state index in [0.717, 1.165) is 0 Å². The Bertz CT molecular complexity index is 722. The third kappa shape index (κ3) is 4.41. The van der Waals surface area contributed by atoms with Crippen LogP contribution in [0.3, 0.4) is 0 Å². The minimum absolute atomic E-state index is 0.142. The zero-order valence-corrected chi connectivity index (χ0v) is 15.3. The van der Waals surface area contributed by atoms with Gasteiger partial charge in [0.1, 0.15) is 0 Å². The van der Waals surface area contributed by atoms with E-state index in [4.69, 9.17) is 9.47 Å². The first-order chi connectivity index (χ1) is 12.4. The van der Waals surface area contributed by atoms with Crippen molar-refractivity contribution in [2.24, 2.45) is 0 Å². The molecule has 2 saturated heterocycles. The molecule has 26 heavy (non-hydrogen) atoms. The predicted molar refractivity (Wildman–Crippen MR) is 93.4 cm³/mol. The zero-order chi connectivity index (χ0) is 18.6. The summed E-state index contributed by atoms with van der Waals surface area (Å²) in [4.78, 5) is 12.4. The van der Waals surface area contributed by atoms with Crippen LogP contribution in [0.2, 0.25) is 0 Å². The normalized spacial score (nSPS) is 21.3. The van der Waals surface area contributed by atoms with E-state index < -0.39 is 15.6 Å². The van der Waals surface area contributed by atoms with E-state index in [2.05, 4.69) is 5.32 Å². The van der Waals surface area contributed by atoms with Gasteiger partial charge < -0.3 is 19.9 Å². The molecule has 0 saturated carbocycles. The van der Waals surface area contributed by atoms with Crippen LogP contribution >= 0.6 is 0 Å². The molecule has 0 unspecified atom stereocenters. The molecule has 0 radical (unpaired) electrons. The fraction of sp³-hybridized carbons (Fsp3) is 0.588. The molecule has 8 nitrogen and oxygen atoms in total. The van der Waals surface area contributed by atoms with Gasteiger partial charge in [0.2, 0.25) is 10.0 Å². The third-order valence-electron chi connectivity index (χ3n) is 4.73. The predicted octanol–water partition coefficient (Wildman–Crippen LogP) is -0.0212. The molecule has 2 fully saturated rings. The Morgan fingerprint density at radius 3 is 2.27 bits per heavy atom. The lowest BCUT2D eigenvalue weighted by atomic mass is 9.94. The van der Waals surface area contributed by atoms with Crippen LogP contribution in [0.15, 0.2) is 29.2 Å². The summed E-state index contributed by atoms with van der Waals surface area (Å²) in [6.07, 6.45) is 0.952. The average Bonchev–Trinajstić information content (AvgIpc) is 2.67. The van der Waals surface area contributed by atoms with E-state index in [0.29, 0.717) is 57.9 Å². The summed E-state index contributed by atoms with van der Waals surface area (Å²) in [6, 6.07) is 5.83. The van der Waals surface area contributed by atoms with Crippen LogP contribution in [-0.2, 0) is 19.5 Å². The van der Waals surface area contributed by atoms with Crippen LogP contribution in [0.1, 0.15) is 23.2 Å². The highest BCUT2D eigenvalue weighted by Crippen LogP contribution is 2.20. The molecule has 0 bridgehead atoms. The number of amides is 1. The van der Waals surface area contributed by atoms with Gasteiger partial charge >= 0.3 is 0 Å². The Morgan fingerprint density at radius 1 is 1.08 bits per heavy atom. The Hall–Kier alpha value is -1.52. The number of aliphatic hydroxyl groups is 1. The number of morpholine rings is 1. The van der Waals surface area contributed by atoms with Crippen LogP contribution in [0.4, 0.5) is 0 Å². The Kier molecular flexibility index (Phi) is 5.93. The lowest BCUT2D eigenvalue weighted by Gasteiger charge is -2.32. The van der Waals surface area contributed by atoms with Gasteiger partial charge in [-0.05, 0) is 24.3 Å². The van der Waals surface area contributed by atoms with Crippen molar-refractivity contribution in [1.29, 1.82) is 0 Å². The van der Waals surface area contributed by atoms with E-state index in [1.807, 2.05) is 0 Å². The fourth-order valence-corrected chi connectivity index (χ4v) is 4.40. The van der Waals surface area contributed by atoms with Gasteiger partial charge in [0.05, 0.1) is 23.7 Å². The van der Waals surface area contributed by atoms with Crippen LogP contribution < -0.4 is 5.32 Å². The van der Waals surface area contributed by atoms with Gasteiger partial charge in [0.15, 0.2) is 0 Å². The van der Waals surface area contributed by atoms with Gasteiger partial charge in [-0.1, -0.05) is 0 Å². The fourth-order valence-electron chi connectivity index (χ4n) is 2.99. The number of sulfonamides is 1. The third-order valence-corrected chi connectivity index (χ3v) is 6.64. The molecular weight excluding hydrogens is 360 g/mol. The first-order valence-electron chi connectivity index (χ1n) is 8.67. The maximum absolute atomic E-state index is 12.6. The van der Waals surface area contributed by atoms with Crippen molar-refractivity contribution < 1.29 is 27.8 Å². The van der Waals surface area contributed by atoms with Crippen LogP contribution in [-0.4, -0.2) is 75.4 Å². The summed E-state index contributed by atoms with van der Waals surface area (Å²) < 4.78 is 36.9. The second kappa shape index (κ2) is 8.01. The molecule has 1 aromatic carbocycles. The maximum Gasteiger partial charge on any atom is 0.251 e. The number of ether oxygens (including phenoxy) is 2. The Balaban J connectivity index is 1.62. The maximum atomic E-state index is 12.6. The topological polar surface area (TPSA) is 105 Å². The molecule has 1 amide bonds. The van der Waals surface area contributed by atoms with Crippen LogP contribution in [0.5, 0.6) is 0 Å². The lowest BCUT2D eigenvalue weighted by Crippen LogP contribution is -2.46. The van der Waals surface area contributed by atoms with Gasteiger partial charge in [-0.2, -0.15) is 4.31 Å². The van der Waals surface area contributed by atoms with Crippen LogP contribution in [0, 0.1) is 0 Å². The summed E-state index contributed by atoms with van der Waals surface area (Å²) in [5, 5.41) is 13.1. The summed E-state index contributed by atoms with van der Waals surface area (Å²) in [6.45, 7) is 2.50.